The van der Waals surface area contributed by atoms with Crippen molar-refractivity contribution in [1.29, 1.82) is 0 Å². The van der Waals surface area contributed by atoms with Gasteiger partial charge in [-0.25, -0.2) is 4.68 Å². The zero-order chi connectivity index (χ0) is 24.4. The third kappa shape index (κ3) is 6.07. The summed E-state index contributed by atoms with van der Waals surface area (Å²) in [5.41, 5.74) is 1.70. The molecule has 0 saturated carbocycles. The molecule has 0 bridgehead atoms. The van der Waals surface area contributed by atoms with Gasteiger partial charge < -0.3 is 24.3 Å². The molecular formula is C24H28F3N3O5. The highest BCUT2D eigenvalue weighted by atomic mass is 19.4. The van der Waals surface area contributed by atoms with Gasteiger partial charge in [-0.05, 0) is 54.9 Å². The van der Waals surface area contributed by atoms with E-state index < -0.39 is 12.8 Å². The maximum atomic E-state index is 12.8. The van der Waals surface area contributed by atoms with Crippen LogP contribution in [0.15, 0.2) is 24.3 Å². The monoisotopic (exact) mass is 495 g/mol. The minimum atomic E-state index is -4.36. The number of carbonyl (C=O) groups excluding carboxylic acids is 1. The van der Waals surface area contributed by atoms with E-state index in [-0.39, 0.29) is 30.4 Å². The molecule has 1 aromatic heterocycles. The molecule has 3 aliphatic heterocycles. The van der Waals surface area contributed by atoms with Gasteiger partial charge >= 0.3 is 6.18 Å². The van der Waals surface area contributed by atoms with Gasteiger partial charge in [-0.2, -0.15) is 18.3 Å². The number of benzene rings is 1. The van der Waals surface area contributed by atoms with Crippen LogP contribution < -0.4 is 14.8 Å². The average molecular weight is 495 g/mol. The lowest BCUT2D eigenvalue weighted by Gasteiger charge is -2.26. The first kappa shape index (κ1) is 23.9. The van der Waals surface area contributed by atoms with Gasteiger partial charge in [-0.15, -0.1) is 0 Å². The molecule has 35 heavy (non-hydrogen) atoms. The molecule has 8 nitrogen and oxygen atoms in total. The molecular weight excluding hydrogens is 467 g/mol. The van der Waals surface area contributed by atoms with Crippen LogP contribution in [0.1, 0.15) is 40.9 Å². The molecule has 1 amide bonds. The third-order valence-electron chi connectivity index (χ3n) is 6.48. The largest absolute Gasteiger partial charge is 0.491 e. The van der Waals surface area contributed by atoms with E-state index in [1.165, 1.54) is 0 Å². The Morgan fingerprint density at radius 2 is 2.06 bits per heavy atom. The van der Waals surface area contributed by atoms with Crippen molar-refractivity contribution in [3.05, 3.63) is 41.1 Å². The fourth-order valence-electron chi connectivity index (χ4n) is 4.79. The van der Waals surface area contributed by atoms with E-state index in [2.05, 4.69) is 10.4 Å². The number of aromatic nitrogens is 2. The predicted molar refractivity (Wildman–Crippen MR) is 117 cm³/mol. The van der Waals surface area contributed by atoms with Crippen LogP contribution in [0, 0.1) is 5.92 Å². The number of amides is 1. The van der Waals surface area contributed by atoms with Crippen LogP contribution in [0.3, 0.4) is 0 Å². The molecule has 1 N–H and O–H groups in total. The molecule has 3 aliphatic rings. The highest BCUT2D eigenvalue weighted by molar-refractivity contribution is 5.92. The lowest BCUT2D eigenvalue weighted by Crippen LogP contribution is -2.43. The average Bonchev–Trinajstić information content (AvgIpc) is 3.37. The zero-order valence-corrected chi connectivity index (χ0v) is 19.2. The maximum Gasteiger partial charge on any atom is 0.411 e. The summed E-state index contributed by atoms with van der Waals surface area (Å²) in [6, 6.07) is 6.51. The zero-order valence-electron chi connectivity index (χ0n) is 19.2. The molecule has 4 heterocycles. The Labute approximate surface area is 200 Å². The summed E-state index contributed by atoms with van der Waals surface area (Å²) in [6.45, 7) is 1.07. The second-order valence-corrected chi connectivity index (χ2v) is 9.32. The SMILES string of the molecule is O=C(NC1COc2ccc(COCC(F)(F)F)cc2C1)c1cc2n(n1)CC(CC1CCOCC1)O2. The van der Waals surface area contributed by atoms with Crippen molar-refractivity contribution < 1.29 is 36.9 Å². The Bertz CT molecular complexity index is 1030. The van der Waals surface area contributed by atoms with Gasteiger partial charge in [0.15, 0.2) is 5.69 Å². The van der Waals surface area contributed by atoms with Crippen molar-refractivity contribution in [3.63, 3.8) is 0 Å². The maximum absolute atomic E-state index is 12.8. The van der Waals surface area contributed by atoms with E-state index in [0.29, 0.717) is 42.7 Å². The van der Waals surface area contributed by atoms with Gasteiger partial charge in [0.2, 0.25) is 5.88 Å². The van der Waals surface area contributed by atoms with E-state index in [4.69, 9.17) is 18.9 Å². The number of nitrogens with one attached hydrogen (secondary N) is 1. The Hall–Kier alpha value is -2.79. The fourth-order valence-corrected chi connectivity index (χ4v) is 4.79. The molecule has 5 rings (SSSR count). The smallest absolute Gasteiger partial charge is 0.411 e. The van der Waals surface area contributed by atoms with E-state index in [1.807, 2.05) is 0 Å². The third-order valence-corrected chi connectivity index (χ3v) is 6.48. The second-order valence-electron chi connectivity index (χ2n) is 9.32. The van der Waals surface area contributed by atoms with Gasteiger partial charge in [0.25, 0.3) is 5.91 Å². The number of carbonyl (C=O) groups is 1. The topological polar surface area (TPSA) is 83.8 Å². The van der Waals surface area contributed by atoms with E-state index >= 15 is 0 Å². The van der Waals surface area contributed by atoms with Crippen molar-refractivity contribution in [3.8, 4) is 11.6 Å². The lowest BCUT2D eigenvalue weighted by molar-refractivity contribution is -0.176. The molecule has 1 saturated heterocycles. The molecule has 0 aliphatic carbocycles. The number of rotatable bonds is 7. The molecule has 2 unspecified atom stereocenters. The minimum Gasteiger partial charge on any atom is -0.491 e. The lowest BCUT2D eigenvalue weighted by atomic mass is 9.94. The van der Waals surface area contributed by atoms with Crippen LogP contribution in [0.5, 0.6) is 11.6 Å². The van der Waals surface area contributed by atoms with Gasteiger partial charge in [-0.1, -0.05) is 6.07 Å². The summed E-state index contributed by atoms with van der Waals surface area (Å²) in [4.78, 5) is 12.8. The minimum absolute atomic E-state index is 0.0651. The van der Waals surface area contributed by atoms with Crippen molar-refractivity contribution in [2.24, 2.45) is 5.92 Å². The standard InChI is InChI=1S/C24H28F3N3O5/c25-24(26,27)14-33-12-16-1-2-21-17(7-16)9-18(13-34-21)28-23(31)20-10-22-30(29-20)11-19(35-22)8-15-3-5-32-6-4-15/h1-2,7,10,15,18-19H,3-6,8-9,11-14H2,(H,28,31). The molecule has 0 radical (unpaired) electrons. The van der Waals surface area contributed by atoms with Crippen LogP contribution in [-0.2, 0) is 29.0 Å². The Kier molecular flexibility index (Phi) is 6.88. The fraction of sp³-hybridized carbons (Fsp3) is 0.583. The molecule has 190 valence electrons. The van der Waals surface area contributed by atoms with Crippen molar-refractivity contribution in [1.82, 2.24) is 15.1 Å². The molecule has 0 spiro atoms. The number of nitrogens with zero attached hydrogens (tertiary/aromatic N) is 2. The number of hydrogen-bond acceptors (Lipinski definition) is 6. The molecule has 1 aromatic carbocycles. The van der Waals surface area contributed by atoms with Crippen LogP contribution in [0.25, 0.3) is 0 Å². The molecule has 1 fully saturated rings. The quantitative estimate of drug-likeness (QED) is 0.635. The van der Waals surface area contributed by atoms with Gasteiger partial charge in [-0.3, -0.25) is 4.79 Å². The molecule has 2 atom stereocenters. The van der Waals surface area contributed by atoms with E-state index in [9.17, 15) is 18.0 Å². The summed E-state index contributed by atoms with van der Waals surface area (Å²) in [7, 11) is 0. The first-order valence-electron chi connectivity index (χ1n) is 11.8. The molecule has 2 aromatic rings. The van der Waals surface area contributed by atoms with Crippen molar-refractivity contribution in [2.45, 2.75) is 57.2 Å². The highest BCUT2D eigenvalue weighted by Gasteiger charge is 2.31. The first-order chi connectivity index (χ1) is 16.8. The Balaban J connectivity index is 1.13. The van der Waals surface area contributed by atoms with Crippen molar-refractivity contribution in [2.75, 3.05) is 26.4 Å². The Morgan fingerprint density at radius 1 is 1.23 bits per heavy atom. The summed E-state index contributed by atoms with van der Waals surface area (Å²) in [5, 5.41) is 7.35. The second kappa shape index (κ2) is 10.1. The number of fused-ring (bicyclic) bond motifs is 2. The number of hydrogen-bond donors (Lipinski definition) is 1. The van der Waals surface area contributed by atoms with E-state index in [0.717, 1.165) is 38.0 Å². The van der Waals surface area contributed by atoms with Crippen LogP contribution >= 0.6 is 0 Å². The summed E-state index contributed by atoms with van der Waals surface area (Å²) in [6.07, 6.45) is -0.761. The number of alkyl halides is 3. The van der Waals surface area contributed by atoms with E-state index in [1.54, 1.807) is 28.9 Å². The summed E-state index contributed by atoms with van der Waals surface area (Å²) >= 11 is 0. The molecule has 11 heteroatoms. The van der Waals surface area contributed by atoms with Gasteiger partial charge in [0.1, 0.15) is 25.1 Å². The van der Waals surface area contributed by atoms with Gasteiger partial charge in [0.05, 0.1) is 19.2 Å². The predicted octanol–water partition coefficient (Wildman–Crippen LogP) is 3.27. The van der Waals surface area contributed by atoms with Crippen LogP contribution in [0.2, 0.25) is 0 Å². The number of ether oxygens (including phenoxy) is 4. The van der Waals surface area contributed by atoms with Crippen LogP contribution in [0.4, 0.5) is 13.2 Å². The number of halogens is 3. The summed E-state index contributed by atoms with van der Waals surface area (Å²) in [5.74, 6) is 1.52. The Morgan fingerprint density at radius 3 is 2.83 bits per heavy atom. The van der Waals surface area contributed by atoms with Gasteiger partial charge in [0, 0.05) is 19.3 Å². The van der Waals surface area contributed by atoms with Crippen LogP contribution in [-0.4, -0.2) is 60.4 Å². The summed E-state index contributed by atoms with van der Waals surface area (Å²) < 4.78 is 60.6. The first-order valence-corrected chi connectivity index (χ1v) is 11.8. The normalized spacial score (nSPS) is 22.1. The highest BCUT2D eigenvalue weighted by Crippen LogP contribution is 2.30. The van der Waals surface area contributed by atoms with Crippen molar-refractivity contribution >= 4 is 5.91 Å².